The van der Waals surface area contributed by atoms with Crippen LogP contribution >= 0.6 is 0 Å². The van der Waals surface area contributed by atoms with Gasteiger partial charge in [0.25, 0.3) is 0 Å². The van der Waals surface area contributed by atoms with Crippen molar-refractivity contribution in [1.82, 2.24) is 16.0 Å². The summed E-state index contributed by atoms with van der Waals surface area (Å²) in [5, 5.41) is 41.9. The van der Waals surface area contributed by atoms with Crippen molar-refractivity contribution in [3.63, 3.8) is 0 Å². The molecule has 170 valence electrons. The molecule has 11 N–H and O–H groups in total. The molecule has 0 aliphatic rings. The molecule has 0 aliphatic heterocycles. The molecule has 15 nitrogen and oxygen atoms in total. The fourth-order valence-electron chi connectivity index (χ4n) is 2.01. The smallest absolute Gasteiger partial charge is 0.328 e. The number of hydrogen-bond acceptors (Lipinski definition) is 9. The van der Waals surface area contributed by atoms with Crippen LogP contribution in [0.25, 0.3) is 0 Å². The average molecular weight is 435 g/mol. The number of aliphatic carboxylic acids is 2. The van der Waals surface area contributed by atoms with Crippen LogP contribution in [0.5, 0.6) is 0 Å². The van der Waals surface area contributed by atoms with Gasteiger partial charge in [-0.3, -0.25) is 24.0 Å². The molecule has 0 aromatic rings. The van der Waals surface area contributed by atoms with E-state index < -0.39 is 85.3 Å². The van der Waals surface area contributed by atoms with Crippen molar-refractivity contribution < 1.29 is 49.2 Å². The van der Waals surface area contributed by atoms with Crippen LogP contribution in [-0.2, 0) is 28.8 Å². The molecule has 0 aromatic heterocycles. The second kappa shape index (κ2) is 12.3. The third kappa shape index (κ3) is 9.26. The lowest BCUT2D eigenvalue weighted by Crippen LogP contribution is -2.59. The van der Waals surface area contributed by atoms with E-state index in [9.17, 15) is 33.9 Å². The maximum Gasteiger partial charge on any atom is 0.328 e. The zero-order chi connectivity index (χ0) is 23.6. The Morgan fingerprint density at radius 2 is 1.27 bits per heavy atom. The van der Waals surface area contributed by atoms with Crippen molar-refractivity contribution in [2.24, 2.45) is 11.5 Å². The van der Waals surface area contributed by atoms with Gasteiger partial charge >= 0.3 is 11.9 Å². The highest BCUT2D eigenvalue weighted by atomic mass is 16.4. The third-order valence-corrected chi connectivity index (χ3v) is 3.67. The second-order valence-electron chi connectivity index (χ2n) is 6.24. The van der Waals surface area contributed by atoms with E-state index in [0.717, 1.165) is 0 Å². The van der Waals surface area contributed by atoms with Crippen molar-refractivity contribution in [1.29, 1.82) is 0 Å². The summed E-state index contributed by atoms with van der Waals surface area (Å²) in [4.78, 5) is 69.6. The minimum Gasteiger partial charge on any atom is -0.481 e. The summed E-state index contributed by atoms with van der Waals surface area (Å²) < 4.78 is 0. The summed E-state index contributed by atoms with van der Waals surface area (Å²) >= 11 is 0. The molecule has 5 unspecified atom stereocenters. The molecular formula is C15H25N5O10. The summed E-state index contributed by atoms with van der Waals surface area (Å²) in [6, 6.07) is -6.72. The van der Waals surface area contributed by atoms with Crippen LogP contribution in [0.2, 0.25) is 0 Å². The summed E-state index contributed by atoms with van der Waals surface area (Å²) in [5.74, 6) is -7.67. The van der Waals surface area contributed by atoms with Crippen molar-refractivity contribution in [2.45, 2.75) is 50.0 Å². The number of carbonyl (C=O) groups excluding carboxylic acids is 4. The molecule has 0 saturated carbocycles. The molecular weight excluding hydrogens is 410 g/mol. The van der Waals surface area contributed by atoms with Crippen molar-refractivity contribution in [3.05, 3.63) is 0 Å². The lowest BCUT2D eigenvalue weighted by molar-refractivity contribution is -0.144. The van der Waals surface area contributed by atoms with Crippen LogP contribution in [0.15, 0.2) is 0 Å². The van der Waals surface area contributed by atoms with E-state index >= 15 is 0 Å². The van der Waals surface area contributed by atoms with E-state index in [0.29, 0.717) is 0 Å². The SMILES string of the molecule is CC(O)C(N)C(=O)NC(CC(N)=O)C(=O)NC(CC(=O)O)C(=O)NC(CO)C(=O)O. The highest BCUT2D eigenvalue weighted by molar-refractivity contribution is 5.97. The Labute approximate surface area is 169 Å². The van der Waals surface area contributed by atoms with Gasteiger partial charge in [-0.25, -0.2) is 4.79 Å². The minimum absolute atomic E-state index is 0.750. The maximum atomic E-state index is 12.4. The summed E-state index contributed by atoms with van der Waals surface area (Å²) in [6.07, 6.45) is -3.04. The highest BCUT2D eigenvalue weighted by Gasteiger charge is 2.32. The minimum atomic E-state index is -1.82. The lowest BCUT2D eigenvalue weighted by Gasteiger charge is -2.24. The molecule has 0 bridgehead atoms. The molecule has 30 heavy (non-hydrogen) atoms. The van der Waals surface area contributed by atoms with Gasteiger partial charge in [-0.2, -0.15) is 0 Å². The van der Waals surface area contributed by atoms with Gasteiger partial charge in [0.1, 0.15) is 24.2 Å². The van der Waals surface area contributed by atoms with Gasteiger partial charge in [0.05, 0.1) is 25.6 Å². The van der Waals surface area contributed by atoms with Gasteiger partial charge < -0.3 is 47.8 Å². The van der Waals surface area contributed by atoms with E-state index in [4.69, 9.17) is 26.8 Å². The van der Waals surface area contributed by atoms with Crippen LogP contribution in [-0.4, -0.2) is 92.9 Å². The summed E-state index contributed by atoms with van der Waals surface area (Å²) in [7, 11) is 0. The molecule has 5 atom stereocenters. The number of hydrogen-bond donors (Lipinski definition) is 9. The Bertz CT molecular complexity index is 683. The largest absolute Gasteiger partial charge is 0.481 e. The van der Waals surface area contributed by atoms with E-state index in [1.165, 1.54) is 6.92 Å². The van der Waals surface area contributed by atoms with Crippen molar-refractivity contribution in [2.75, 3.05) is 6.61 Å². The number of rotatable bonds is 13. The molecule has 0 saturated heterocycles. The fourth-order valence-corrected chi connectivity index (χ4v) is 2.01. The van der Waals surface area contributed by atoms with Gasteiger partial charge in [0, 0.05) is 0 Å². The second-order valence-corrected chi connectivity index (χ2v) is 6.24. The van der Waals surface area contributed by atoms with Crippen molar-refractivity contribution in [3.8, 4) is 0 Å². The molecule has 0 spiro atoms. The lowest BCUT2D eigenvalue weighted by atomic mass is 10.1. The first-order valence-electron chi connectivity index (χ1n) is 8.48. The first-order chi connectivity index (χ1) is 13.8. The monoisotopic (exact) mass is 435 g/mol. The van der Waals surface area contributed by atoms with Gasteiger partial charge in [-0.1, -0.05) is 0 Å². The standard InChI is InChI=1S/C15H25N5O10/c1-5(22)11(17)14(28)19-6(2-9(16)23)12(26)18-7(3-10(24)25)13(27)20-8(4-21)15(29)30/h5-8,11,21-22H,2-4,17H2,1H3,(H2,16,23)(H,18,26)(H,19,28)(H,20,27)(H,24,25)(H,29,30). The number of nitrogens with one attached hydrogen (secondary N) is 3. The molecule has 15 heteroatoms. The first kappa shape index (κ1) is 26.7. The molecule has 0 rings (SSSR count). The molecule has 0 aromatic carbocycles. The molecule has 4 amide bonds. The molecule has 0 heterocycles. The van der Waals surface area contributed by atoms with Gasteiger partial charge in [0.15, 0.2) is 0 Å². The van der Waals surface area contributed by atoms with Gasteiger partial charge in [-0.05, 0) is 6.92 Å². The Hall–Kier alpha value is -3.30. The summed E-state index contributed by atoms with van der Waals surface area (Å²) in [6.45, 7) is 0.188. The Morgan fingerprint density at radius 3 is 1.63 bits per heavy atom. The van der Waals surface area contributed by atoms with E-state index in [1.54, 1.807) is 0 Å². The average Bonchev–Trinajstić information content (AvgIpc) is 2.62. The quantitative estimate of drug-likeness (QED) is 0.132. The van der Waals surface area contributed by atoms with Crippen LogP contribution in [0.1, 0.15) is 19.8 Å². The van der Waals surface area contributed by atoms with E-state index in [1.807, 2.05) is 16.0 Å². The number of nitrogens with two attached hydrogens (primary N) is 2. The zero-order valence-electron chi connectivity index (χ0n) is 15.9. The summed E-state index contributed by atoms with van der Waals surface area (Å²) in [5.41, 5.74) is 10.4. The third-order valence-electron chi connectivity index (χ3n) is 3.67. The van der Waals surface area contributed by atoms with Crippen LogP contribution < -0.4 is 27.4 Å². The number of carbonyl (C=O) groups is 6. The Morgan fingerprint density at radius 1 is 0.833 bits per heavy atom. The Kier molecular flexibility index (Phi) is 10.9. The molecule has 0 fully saturated rings. The predicted molar refractivity (Wildman–Crippen MR) is 96.2 cm³/mol. The van der Waals surface area contributed by atoms with E-state index in [2.05, 4.69) is 0 Å². The number of carboxylic acid groups (broad SMARTS) is 2. The fraction of sp³-hybridized carbons (Fsp3) is 0.600. The number of amides is 4. The zero-order valence-corrected chi connectivity index (χ0v) is 15.9. The first-order valence-corrected chi connectivity index (χ1v) is 8.48. The highest BCUT2D eigenvalue weighted by Crippen LogP contribution is 2.01. The maximum absolute atomic E-state index is 12.4. The normalized spacial score (nSPS) is 15.6. The molecule has 0 aliphatic carbocycles. The van der Waals surface area contributed by atoms with Gasteiger partial charge in [-0.15, -0.1) is 0 Å². The van der Waals surface area contributed by atoms with Crippen LogP contribution in [0, 0.1) is 0 Å². The predicted octanol–water partition coefficient (Wildman–Crippen LogP) is -5.42. The van der Waals surface area contributed by atoms with Gasteiger partial charge in [0.2, 0.25) is 23.6 Å². The molecule has 0 radical (unpaired) electrons. The number of aliphatic hydroxyl groups excluding tert-OH is 2. The van der Waals surface area contributed by atoms with Crippen LogP contribution in [0.4, 0.5) is 0 Å². The van der Waals surface area contributed by atoms with E-state index in [-0.39, 0.29) is 0 Å². The number of aliphatic hydroxyl groups is 2. The Balaban J connectivity index is 5.48. The topological polar surface area (TPSA) is 271 Å². The van der Waals surface area contributed by atoms with Crippen LogP contribution in [0.3, 0.4) is 0 Å². The number of carboxylic acids is 2. The van der Waals surface area contributed by atoms with Crippen molar-refractivity contribution >= 4 is 35.6 Å². The number of primary amides is 1.